The van der Waals surface area contributed by atoms with Gasteiger partial charge < -0.3 is 0 Å². The average Bonchev–Trinajstić information content (AvgIpc) is 2.86. The zero-order chi connectivity index (χ0) is 16.8. The van der Waals surface area contributed by atoms with Gasteiger partial charge in [-0.3, -0.25) is 9.36 Å². The van der Waals surface area contributed by atoms with Gasteiger partial charge in [0.05, 0.1) is 16.1 Å². The second-order valence-corrected chi connectivity index (χ2v) is 5.42. The van der Waals surface area contributed by atoms with E-state index in [2.05, 4.69) is 4.98 Å². The maximum Gasteiger partial charge on any atom is 0.417 e. The number of carbonyl (C=O) groups excluding carboxylic acids is 1. The number of benzene rings is 1. The van der Waals surface area contributed by atoms with Gasteiger partial charge in [0.2, 0.25) is 0 Å². The summed E-state index contributed by atoms with van der Waals surface area (Å²) in [6.07, 6.45) is -2.25. The monoisotopic (exact) mass is 338 g/mol. The van der Waals surface area contributed by atoms with Crippen molar-refractivity contribution >= 4 is 28.3 Å². The van der Waals surface area contributed by atoms with Gasteiger partial charge in [0.1, 0.15) is 0 Å². The molecule has 0 saturated heterocycles. The molecule has 7 heteroatoms. The highest BCUT2D eigenvalue weighted by Gasteiger charge is 2.31. The summed E-state index contributed by atoms with van der Waals surface area (Å²) in [4.78, 5) is 15.6. The largest absolute Gasteiger partial charge is 0.417 e. The van der Waals surface area contributed by atoms with E-state index >= 15 is 0 Å². The minimum Gasteiger partial charge on any atom is -0.299 e. The van der Waals surface area contributed by atoms with Crippen LogP contribution in [0.4, 0.5) is 13.2 Å². The van der Waals surface area contributed by atoms with E-state index in [0.29, 0.717) is 16.5 Å². The molecular formula is C16H10ClF3N2O. The molecular weight excluding hydrogens is 329 g/mol. The molecule has 0 unspecified atom stereocenters. The smallest absolute Gasteiger partial charge is 0.299 e. The Hall–Kier alpha value is -2.34. The molecule has 3 nitrogen and oxygen atoms in total. The molecule has 0 aliphatic carbocycles. The van der Waals surface area contributed by atoms with E-state index < -0.39 is 11.7 Å². The minimum atomic E-state index is -4.52. The van der Waals surface area contributed by atoms with E-state index in [1.165, 1.54) is 17.7 Å². The molecule has 23 heavy (non-hydrogen) atoms. The highest BCUT2D eigenvalue weighted by atomic mass is 35.5. The lowest BCUT2D eigenvalue weighted by molar-refractivity contribution is -0.137. The quantitative estimate of drug-likeness (QED) is 0.623. The van der Waals surface area contributed by atoms with Gasteiger partial charge in [0, 0.05) is 23.3 Å². The molecule has 0 atom stereocenters. The Morgan fingerprint density at radius 2 is 1.96 bits per heavy atom. The van der Waals surface area contributed by atoms with Gasteiger partial charge in [-0.2, -0.15) is 13.2 Å². The van der Waals surface area contributed by atoms with Crippen LogP contribution in [0.2, 0.25) is 5.02 Å². The molecule has 0 amide bonds. The van der Waals surface area contributed by atoms with Gasteiger partial charge in [0.15, 0.2) is 11.6 Å². The normalized spacial score (nSPS) is 11.9. The second kappa shape index (κ2) is 5.38. The maximum absolute atomic E-state index is 12.7. The topological polar surface area (TPSA) is 34.9 Å². The highest BCUT2D eigenvalue weighted by molar-refractivity contribution is 6.32. The molecule has 3 aromatic rings. The van der Waals surface area contributed by atoms with E-state index in [0.717, 1.165) is 12.3 Å². The number of hydrogen-bond donors (Lipinski definition) is 0. The number of para-hydroxylation sites is 1. The molecule has 2 aromatic heterocycles. The van der Waals surface area contributed by atoms with Gasteiger partial charge in [-0.05, 0) is 19.1 Å². The summed E-state index contributed by atoms with van der Waals surface area (Å²) in [5.41, 5.74) is 0.180. The molecule has 0 radical (unpaired) electrons. The van der Waals surface area contributed by atoms with E-state index in [4.69, 9.17) is 11.6 Å². The molecule has 1 aromatic carbocycles. The molecule has 0 saturated carbocycles. The first-order valence-corrected chi connectivity index (χ1v) is 7.01. The van der Waals surface area contributed by atoms with Crippen molar-refractivity contribution in [2.75, 3.05) is 0 Å². The Morgan fingerprint density at radius 3 is 2.57 bits per heavy atom. The van der Waals surface area contributed by atoms with Crippen LogP contribution in [-0.2, 0) is 6.18 Å². The number of hydrogen-bond acceptors (Lipinski definition) is 2. The lowest BCUT2D eigenvalue weighted by Crippen LogP contribution is -2.07. The van der Waals surface area contributed by atoms with Crippen molar-refractivity contribution in [3.8, 4) is 5.82 Å². The van der Waals surface area contributed by atoms with Gasteiger partial charge in [-0.1, -0.05) is 29.8 Å². The molecule has 0 bridgehead atoms. The lowest BCUT2D eigenvalue weighted by Gasteiger charge is -2.10. The zero-order valence-electron chi connectivity index (χ0n) is 11.9. The first kappa shape index (κ1) is 15.6. The third kappa shape index (κ3) is 2.70. The molecule has 2 heterocycles. The van der Waals surface area contributed by atoms with Crippen molar-refractivity contribution in [2.24, 2.45) is 0 Å². The minimum absolute atomic E-state index is 0.142. The summed E-state index contributed by atoms with van der Waals surface area (Å²) in [7, 11) is 0. The Labute approximate surface area is 134 Å². The Kier molecular flexibility index (Phi) is 3.64. The number of rotatable bonds is 2. The summed E-state index contributed by atoms with van der Waals surface area (Å²) >= 11 is 5.99. The number of nitrogens with zero attached hydrogens (tertiary/aromatic N) is 2. The molecule has 0 aliphatic rings. The van der Waals surface area contributed by atoms with Crippen LogP contribution in [0.15, 0.2) is 42.7 Å². The number of carbonyl (C=O) groups is 1. The van der Waals surface area contributed by atoms with Crippen LogP contribution in [0.5, 0.6) is 0 Å². The Balaban J connectivity index is 2.24. The summed E-state index contributed by atoms with van der Waals surface area (Å²) in [6, 6.07) is 7.88. The van der Waals surface area contributed by atoms with Gasteiger partial charge >= 0.3 is 6.18 Å². The number of Topliss-reactive ketones (excluding diaryl/α,β-unsaturated/α-hetero) is 1. The second-order valence-electron chi connectivity index (χ2n) is 5.01. The van der Waals surface area contributed by atoms with Crippen LogP contribution in [0, 0.1) is 0 Å². The predicted molar refractivity (Wildman–Crippen MR) is 81.1 cm³/mol. The fraction of sp³-hybridized carbons (Fsp3) is 0.125. The number of pyridine rings is 1. The van der Waals surface area contributed by atoms with Crippen molar-refractivity contribution in [1.29, 1.82) is 0 Å². The summed E-state index contributed by atoms with van der Waals surface area (Å²) in [5.74, 6) is -0.00801. The third-order valence-corrected chi connectivity index (χ3v) is 3.75. The van der Waals surface area contributed by atoms with Crippen LogP contribution in [0.3, 0.4) is 0 Å². The van der Waals surface area contributed by atoms with Gasteiger partial charge in [-0.15, -0.1) is 0 Å². The number of fused-ring (bicyclic) bond motifs is 1. The van der Waals surface area contributed by atoms with E-state index in [1.54, 1.807) is 24.3 Å². The first-order valence-electron chi connectivity index (χ1n) is 6.63. The van der Waals surface area contributed by atoms with Crippen molar-refractivity contribution < 1.29 is 18.0 Å². The lowest BCUT2D eigenvalue weighted by atomic mass is 10.1. The fourth-order valence-corrected chi connectivity index (χ4v) is 2.66. The van der Waals surface area contributed by atoms with Crippen LogP contribution >= 0.6 is 11.6 Å². The van der Waals surface area contributed by atoms with Crippen LogP contribution in [0.25, 0.3) is 16.7 Å². The number of halogens is 4. The number of alkyl halides is 3. The maximum atomic E-state index is 12.7. The van der Waals surface area contributed by atoms with E-state index in [1.807, 2.05) is 0 Å². The van der Waals surface area contributed by atoms with Crippen LogP contribution in [-0.4, -0.2) is 15.3 Å². The Morgan fingerprint density at radius 1 is 1.26 bits per heavy atom. The highest BCUT2D eigenvalue weighted by Crippen LogP contribution is 2.33. The number of aromatic nitrogens is 2. The standard InChI is InChI=1S/C16H10ClF3N2O/c1-9(23)12-8-22(14-5-3-2-4-11(12)14)15-13(17)6-10(7-21-15)16(18,19)20/h2-8H,1H3. The first-order chi connectivity index (χ1) is 10.8. The van der Waals surface area contributed by atoms with Gasteiger partial charge in [0.25, 0.3) is 0 Å². The van der Waals surface area contributed by atoms with Crippen molar-refractivity contribution in [1.82, 2.24) is 9.55 Å². The molecule has 118 valence electrons. The SMILES string of the molecule is CC(=O)c1cn(-c2ncc(C(F)(F)F)cc2Cl)c2ccccc12. The molecule has 0 N–H and O–H groups in total. The van der Waals surface area contributed by atoms with E-state index in [-0.39, 0.29) is 16.6 Å². The van der Waals surface area contributed by atoms with Crippen molar-refractivity contribution in [3.63, 3.8) is 0 Å². The third-order valence-electron chi connectivity index (χ3n) is 3.47. The van der Waals surface area contributed by atoms with E-state index in [9.17, 15) is 18.0 Å². The molecule has 0 fully saturated rings. The molecule has 3 rings (SSSR count). The average molecular weight is 339 g/mol. The van der Waals surface area contributed by atoms with Crippen LogP contribution < -0.4 is 0 Å². The van der Waals surface area contributed by atoms with Crippen LogP contribution in [0.1, 0.15) is 22.8 Å². The van der Waals surface area contributed by atoms with Gasteiger partial charge in [-0.25, -0.2) is 4.98 Å². The predicted octanol–water partition coefficient (Wildman–Crippen LogP) is 4.90. The zero-order valence-corrected chi connectivity index (χ0v) is 12.6. The molecule has 0 aliphatic heterocycles. The Bertz CT molecular complexity index is 915. The van der Waals surface area contributed by atoms with Crippen molar-refractivity contribution in [2.45, 2.75) is 13.1 Å². The summed E-state index contributed by atoms with van der Waals surface area (Å²) < 4.78 is 39.7. The summed E-state index contributed by atoms with van der Waals surface area (Å²) in [6.45, 7) is 1.42. The molecule has 0 spiro atoms. The fourth-order valence-electron chi connectivity index (χ4n) is 2.40. The van der Waals surface area contributed by atoms with Crippen molar-refractivity contribution in [3.05, 3.63) is 58.9 Å². The summed E-state index contributed by atoms with van der Waals surface area (Å²) in [5, 5.41) is 0.549. The number of ketones is 1.